The number of carboxylic acid groups (broad SMARTS) is 1. The van der Waals surface area contributed by atoms with Gasteiger partial charge in [-0.15, -0.1) is 0 Å². The summed E-state index contributed by atoms with van der Waals surface area (Å²) in [5.74, 6) is 0.665. The number of hydrogen-bond acceptors (Lipinski definition) is 6. The molecule has 1 fully saturated rings. The maximum absolute atomic E-state index is 11.0. The highest BCUT2D eigenvalue weighted by Crippen LogP contribution is 2.26. The number of aliphatic carboxylic acids is 1. The van der Waals surface area contributed by atoms with Crippen molar-refractivity contribution in [1.82, 2.24) is 9.97 Å². The number of anilines is 1. The first-order valence-corrected chi connectivity index (χ1v) is 10.9. The zero-order chi connectivity index (χ0) is 22.5. The lowest BCUT2D eigenvalue weighted by Crippen LogP contribution is -2.41. The lowest BCUT2D eigenvalue weighted by atomic mass is 10.0. The molecule has 4 rings (SSSR count). The number of aromatic nitrogens is 2. The quantitative estimate of drug-likeness (QED) is 0.562. The standard InChI is InChI=1S/C24H25ClN4O3/c25-18-7-9-19(10-8-18)32-20-2-1-11-29(14-20)23-13-22(27-15-28-23)17-5-3-16(4-6-17)12-21(26)24(30)31/h3-10,13,15,20-21H,1-2,11-12,14,26H2,(H,30,31)/t20?,21-/m0/s1. The van der Waals surface area contributed by atoms with Crippen molar-refractivity contribution in [3.63, 3.8) is 0 Å². The second-order valence-electron chi connectivity index (χ2n) is 7.89. The number of hydrogen-bond donors (Lipinski definition) is 2. The number of benzene rings is 2. The Bertz CT molecular complexity index is 1060. The highest BCUT2D eigenvalue weighted by molar-refractivity contribution is 6.30. The van der Waals surface area contributed by atoms with Crippen LogP contribution in [0.5, 0.6) is 5.75 Å². The molecule has 1 aliphatic heterocycles. The summed E-state index contributed by atoms with van der Waals surface area (Å²) in [4.78, 5) is 22.1. The van der Waals surface area contributed by atoms with Crippen molar-refractivity contribution in [1.29, 1.82) is 0 Å². The van der Waals surface area contributed by atoms with Gasteiger partial charge in [0.25, 0.3) is 0 Å². The van der Waals surface area contributed by atoms with Gasteiger partial charge in [0.2, 0.25) is 0 Å². The summed E-state index contributed by atoms with van der Waals surface area (Å²) in [6.45, 7) is 1.65. The fourth-order valence-electron chi connectivity index (χ4n) is 3.78. The van der Waals surface area contributed by atoms with E-state index in [1.54, 1.807) is 6.33 Å². The molecule has 2 aromatic carbocycles. The van der Waals surface area contributed by atoms with Gasteiger partial charge in [-0.3, -0.25) is 4.79 Å². The van der Waals surface area contributed by atoms with Crippen LogP contribution < -0.4 is 15.4 Å². The van der Waals surface area contributed by atoms with Crippen molar-refractivity contribution in [2.75, 3.05) is 18.0 Å². The molecule has 32 heavy (non-hydrogen) atoms. The number of halogens is 1. The molecule has 1 aliphatic rings. The minimum Gasteiger partial charge on any atom is -0.489 e. The van der Waals surface area contributed by atoms with Gasteiger partial charge in [-0.1, -0.05) is 35.9 Å². The van der Waals surface area contributed by atoms with E-state index in [1.807, 2.05) is 54.6 Å². The van der Waals surface area contributed by atoms with Crippen LogP contribution in [0.2, 0.25) is 5.02 Å². The van der Waals surface area contributed by atoms with E-state index in [4.69, 9.17) is 27.2 Å². The number of rotatable bonds is 7. The summed E-state index contributed by atoms with van der Waals surface area (Å²) >= 11 is 5.96. The summed E-state index contributed by atoms with van der Waals surface area (Å²) in [7, 11) is 0. The van der Waals surface area contributed by atoms with Gasteiger partial charge < -0.3 is 20.5 Å². The smallest absolute Gasteiger partial charge is 0.320 e. The van der Waals surface area contributed by atoms with Crippen LogP contribution in [-0.2, 0) is 11.2 Å². The van der Waals surface area contributed by atoms with Crippen molar-refractivity contribution in [2.24, 2.45) is 5.73 Å². The fraction of sp³-hybridized carbons (Fsp3) is 0.292. The largest absolute Gasteiger partial charge is 0.489 e. The Morgan fingerprint density at radius 3 is 2.66 bits per heavy atom. The van der Waals surface area contributed by atoms with Gasteiger partial charge in [0, 0.05) is 23.2 Å². The maximum Gasteiger partial charge on any atom is 0.320 e. The molecule has 1 aromatic heterocycles. The fourth-order valence-corrected chi connectivity index (χ4v) is 3.90. The molecular weight excluding hydrogens is 428 g/mol. The van der Waals surface area contributed by atoms with Crippen molar-refractivity contribution in [3.05, 3.63) is 71.5 Å². The van der Waals surface area contributed by atoms with Gasteiger partial charge in [0.1, 0.15) is 30.0 Å². The zero-order valence-corrected chi connectivity index (χ0v) is 18.3. The van der Waals surface area contributed by atoms with Crippen molar-refractivity contribution in [3.8, 4) is 17.0 Å². The van der Waals surface area contributed by atoms with E-state index in [2.05, 4.69) is 14.9 Å². The van der Waals surface area contributed by atoms with E-state index in [0.717, 1.165) is 54.3 Å². The summed E-state index contributed by atoms with van der Waals surface area (Å²) in [5.41, 5.74) is 8.24. The minimum atomic E-state index is -1.01. The highest BCUT2D eigenvalue weighted by Gasteiger charge is 2.23. The van der Waals surface area contributed by atoms with Gasteiger partial charge in [-0.25, -0.2) is 9.97 Å². The lowest BCUT2D eigenvalue weighted by Gasteiger charge is -2.33. The molecule has 0 bridgehead atoms. The molecule has 1 saturated heterocycles. The Morgan fingerprint density at radius 1 is 1.19 bits per heavy atom. The van der Waals surface area contributed by atoms with Crippen molar-refractivity contribution in [2.45, 2.75) is 31.4 Å². The van der Waals surface area contributed by atoms with Crippen molar-refractivity contribution < 1.29 is 14.6 Å². The van der Waals surface area contributed by atoms with Crippen LogP contribution in [0.1, 0.15) is 18.4 Å². The molecule has 3 N–H and O–H groups in total. The molecule has 8 heteroatoms. The third-order valence-electron chi connectivity index (χ3n) is 5.49. The van der Waals surface area contributed by atoms with Gasteiger partial charge in [-0.2, -0.15) is 0 Å². The number of nitrogens with zero attached hydrogens (tertiary/aromatic N) is 3. The molecule has 166 valence electrons. The Labute approximate surface area is 191 Å². The van der Waals surface area contributed by atoms with E-state index < -0.39 is 12.0 Å². The molecule has 0 radical (unpaired) electrons. The van der Waals surface area contributed by atoms with Crippen LogP contribution in [0.15, 0.2) is 60.9 Å². The average molecular weight is 453 g/mol. The molecule has 2 atom stereocenters. The SMILES string of the molecule is N[C@@H](Cc1ccc(-c2cc(N3CCCC(Oc4ccc(Cl)cc4)C3)ncn2)cc1)C(=O)O. The molecule has 3 aromatic rings. The number of carboxylic acids is 1. The summed E-state index contributed by atoms with van der Waals surface area (Å²) in [6, 6.07) is 16.1. The zero-order valence-electron chi connectivity index (χ0n) is 17.5. The second-order valence-corrected chi connectivity index (χ2v) is 8.33. The molecule has 0 saturated carbocycles. The molecule has 2 heterocycles. The average Bonchev–Trinajstić information content (AvgIpc) is 2.81. The van der Waals surface area contributed by atoms with Crippen LogP contribution in [0, 0.1) is 0 Å². The lowest BCUT2D eigenvalue weighted by molar-refractivity contribution is -0.138. The Morgan fingerprint density at radius 2 is 1.94 bits per heavy atom. The van der Waals surface area contributed by atoms with E-state index >= 15 is 0 Å². The Balaban J connectivity index is 1.44. The van der Waals surface area contributed by atoms with Crippen LogP contribution in [0.3, 0.4) is 0 Å². The third kappa shape index (κ3) is 5.55. The number of ether oxygens (including phenoxy) is 1. The van der Waals surface area contributed by atoms with Crippen LogP contribution in [-0.4, -0.2) is 46.3 Å². The van der Waals surface area contributed by atoms with E-state index in [1.165, 1.54) is 0 Å². The van der Waals surface area contributed by atoms with Gasteiger partial charge >= 0.3 is 5.97 Å². The Kier molecular flexibility index (Phi) is 6.87. The summed E-state index contributed by atoms with van der Waals surface area (Å²) in [5, 5.41) is 9.67. The molecule has 0 spiro atoms. The summed E-state index contributed by atoms with van der Waals surface area (Å²) in [6.07, 6.45) is 3.92. The van der Waals surface area contributed by atoms with Crippen LogP contribution >= 0.6 is 11.6 Å². The van der Waals surface area contributed by atoms with Gasteiger partial charge in [0.05, 0.1) is 12.2 Å². The van der Waals surface area contributed by atoms with E-state index in [-0.39, 0.29) is 12.5 Å². The van der Waals surface area contributed by atoms with Gasteiger partial charge in [0.15, 0.2) is 0 Å². The number of piperidine rings is 1. The van der Waals surface area contributed by atoms with Gasteiger partial charge in [-0.05, 0) is 49.1 Å². The van der Waals surface area contributed by atoms with Crippen molar-refractivity contribution >= 4 is 23.4 Å². The third-order valence-corrected chi connectivity index (χ3v) is 5.75. The molecule has 7 nitrogen and oxygen atoms in total. The normalized spacial score (nSPS) is 17.1. The maximum atomic E-state index is 11.0. The monoisotopic (exact) mass is 452 g/mol. The summed E-state index contributed by atoms with van der Waals surface area (Å²) < 4.78 is 6.14. The van der Waals surface area contributed by atoms with E-state index in [0.29, 0.717) is 5.02 Å². The van der Waals surface area contributed by atoms with Crippen LogP contribution in [0.25, 0.3) is 11.3 Å². The molecule has 1 unspecified atom stereocenters. The first-order chi connectivity index (χ1) is 15.5. The minimum absolute atomic E-state index is 0.0704. The van der Waals surface area contributed by atoms with Crippen LogP contribution in [0.4, 0.5) is 5.82 Å². The molecule has 0 amide bonds. The Hall–Kier alpha value is -3.16. The molecular formula is C24H25ClN4O3. The highest BCUT2D eigenvalue weighted by atomic mass is 35.5. The molecule has 0 aliphatic carbocycles. The first-order valence-electron chi connectivity index (χ1n) is 10.5. The predicted octanol–water partition coefficient (Wildman–Crippen LogP) is 3.80. The topological polar surface area (TPSA) is 102 Å². The second kappa shape index (κ2) is 9.97. The number of nitrogens with two attached hydrogens (primary N) is 1. The first kappa shape index (κ1) is 22.0. The van der Waals surface area contributed by atoms with E-state index in [9.17, 15) is 4.79 Å². The number of carbonyl (C=O) groups is 1. The predicted molar refractivity (Wildman–Crippen MR) is 124 cm³/mol.